The number of nitrogens with one attached hydrogen (secondary N) is 1. The number of hydrogen-bond acceptors (Lipinski definition) is 2. The van der Waals surface area contributed by atoms with Crippen molar-refractivity contribution < 1.29 is 9.53 Å². The highest BCUT2D eigenvalue weighted by Gasteiger charge is 1.99. The van der Waals surface area contributed by atoms with Gasteiger partial charge in [-0.25, -0.2) is 0 Å². The Kier molecular flexibility index (Phi) is 4.41. The zero-order chi connectivity index (χ0) is 12.0. The smallest absolute Gasteiger partial charge is 0.295 e. The summed E-state index contributed by atoms with van der Waals surface area (Å²) in [5.74, 6) is 2.42. The van der Waals surface area contributed by atoms with Crippen LogP contribution in [-0.4, -0.2) is 12.0 Å². The Hall–Kier alpha value is -1.95. The first-order valence-electron chi connectivity index (χ1n) is 5.12. The second-order valence-corrected chi connectivity index (χ2v) is 3.64. The fourth-order valence-electron chi connectivity index (χ4n) is 1.19. The summed E-state index contributed by atoms with van der Waals surface area (Å²) in [6.45, 7) is 4.38. The lowest BCUT2D eigenvalue weighted by Crippen LogP contribution is -2.20. The quantitative estimate of drug-likeness (QED) is 0.780. The van der Waals surface area contributed by atoms with E-state index in [1.54, 1.807) is 0 Å². The summed E-state index contributed by atoms with van der Waals surface area (Å²) in [5.41, 5.74) is 0.986. The van der Waals surface area contributed by atoms with Gasteiger partial charge in [-0.15, -0.1) is 6.42 Å². The molecule has 0 spiro atoms. The Balaban J connectivity index is 2.52. The molecule has 0 aliphatic heterocycles. The molecule has 0 aliphatic rings. The average Bonchev–Trinajstić information content (AvgIpc) is 2.27. The van der Waals surface area contributed by atoms with Crippen LogP contribution in [0.15, 0.2) is 24.3 Å². The molecule has 3 heteroatoms. The standard InChI is InChI=1S/C13H15NO2/c1-4-13(15)14-9-11-5-7-12(8-6-11)16-10(2)3/h1,5-8,10H,9H2,2-3H3,(H,14,15). The van der Waals surface area contributed by atoms with Crippen molar-refractivity contribution in [3.63, 3.8) is 0 Å². The van der Waals surface area contributed by atoms with Crippen molar-refractivity contribution in [1.29, 1.82) is 0 Å². The van der Waals surface area contributed by atoms with Crippen LogP contribution in [0.25, 0.3) is 0 Å². The van der Waals surface area contributed by atoms with E-state index in [9.17, 15) is 4.79 Å². The zero-order valence-corrected chi connectivity index (χ0v) is 9.49. The van der Waals surface area contributed by atoms with Gasteiger partial charge in [0.15, 0.2) is 0 Å². The maximum absolute atomic E-state index is 10.8. The molecule has 0 heterocycles. The van der Waals surface area contributed by atoms with E-state index in [4.69, 9.17) is 11.2 Å². The van der Waals surface area contributed by atoms with Crippen LogP contribution in [0.1, 0.15) is 19.4 Å². The molecular formula is C13H15NO2. The molecule has 0 saturated carbocycles. The Morgan fingerprint density at radius 3 is 2.56 bits per heavy atom. The molecule has 1 aromatic carbocycles. The lowest BCUT2D eigenvalue weighted by Gasteiger charge is -2.10. The molecule has 0 unspecified atom stereocenters. The zero-order valence-electron chi connectivity index (χ0n) is 9.49. The van der Waals surface area contributed by atoms with Crippen LogP contribution in [0.2, 0.25) is 0 Å². The Labute approximate surface area is 95.8 Å². The minimum Gasteiger partial charge on any atom is -0.491 e. The summed E-state index contributed by atoms with van der Waals surface area (Å²) in [6.07, 6.45) is 5.09. The molecule has 1 aromatic rings. The first-order chi connectivity index (χ1) is 7.61. The Bertz CT molecular complexity index is 387. The van der Waals surface area contributed by atoms with Gasteiger partial charge in [0.25, 0.3) is 5.91 Å². The highest BCUT2D eigenvalue weighted by molar-refractivity contribution is 5.92. The summed E-state index contributed by atoms with van der Waals surface area (Å²) in [6, 6.07) is 7.54. The number of amides is 1. The summed E-state index contributed by atoms with van der Waals surface area (Å²) < 4.78 is 5.50. The molecule has 1 amide bonds. The third kappa shape index (κ3) is 4.05. The van der Waals surface area contributed by atoms with Crippen LogP contribution in [0.3, 0.4) is 0 Å². The van der Waals surface area contributed by atoms with Crippen LogP contribution in [0, 0.1) is 12.3 Å². The van der Waals surface area contributed by atoms with Crippen LogP contribution in [-0.2, 0) is 11.3 Å². The maximum Gasteiger partial charge on any atom is 0.295 e. The number of rotatable bonds is 4. The third-order valence-corrected chi connectivity index (χ3v) is 1.88. The minimum atomic E-state index is -0.400. The normalized spacial score (nSPS) is 9.62. The van der Waals surface area contributed by atoms with Crippen LogP contribution in [0.4, 0.5) is 0 Å². The summed E-state index contributed by atoms with van der Waals surface area (Å²) >= 11 is 0. The number of ether oxygens (including phenoxy) is 1. The molecule has 84 valence electrons. The monoisotopic (exact) mass is 217 g/mol. The van der Waals surface area contributed by atoms with E-state index in [1.165, 1.54) is 0 Å². The lowest BCUT2D eigenvalue weighted by molar-refractivity contribution is -0.115. The molecule has 0 aliphatic carbocycles. The topological polar surface area (TPSA) is 38.3 Å². The number of benzene rings is 1. The van der Waals surface area contributed by atoms with Gasteiger partial charge in [-0.2, -0.15) is 0 Å². The van der Waals surface area contributed by atoms with E-state index < -0.39 is 5.91 Å². The van der Waals surface area contributed by atoms with Gasteiger partial charge in [-0.1, -0.05) is 12.1 Å². The summed E-state index contributed by atoms with van der Waals surface area (Å²) in [4.78, 5) is 10.8. The van der Waals surface area contributed by atoms with Crippen molar-refractivity contribution in [2.75, 3.05) is 0 Å². The van der Waals surface area contributed by atoms with Gasteiger partial charge >= 0.3 is 0 Å². The van der Waals surface area contributed by atoms with Gasteiger partial charge in [0.2, 0.25) is 0 Å². The van der Waals surface area contributed by atoms with E-state index in [-0.39, 0.29) is 6.10 Å². The van der Waals surface area contributed by atoms with Gasteiger partial charge in [-0.3, -0.25) is 4.79 Å². The van der Waals surface area contributed by atoms with Crippen molar-refractivity contribution in [3.05, 3.63) is 29.8 Å². The fraction of sp³-hybridized carbons (Fsp3) is 0.308. The van der Waals surface area contributed by atoms with E-state index in [2.05, 4.69) is 5.32 Å². The highest BCUT2D eigenvalue weighted by Crippen LogP contribution is 2.13. The van der Waals surface area contributed by atoms with E-state index in [0.29, 0.717) is 6.54 Å². The van der Waals surface area contributed by atoms with Crippen molar-refractivity contribution in [1.82, 2.24) is 5.32 Å². The van der Waals surface area contributed by atoms with Crippen molar-refractivity contribution in [2.45, 2.75) is 26.5 Å². The van der Waals surface area contributed by atoms with Crippen molar-refractivity contribution >= 4 is 5.91 Å². The van der Waals surface area contributed by atoms with Gasteiger partial charge in [0.1, 0.15) is 5.75 Å². The molecule has 0 fully saturated rings. The first-order valence-corrected chi connectivity index (χ1v) is 5.12. The predicted octanol–water partition coefficient (Wildman–Crippen LogP) is 1.72. The van der Waals surface area contributed by atoms with Crippen LogP contribution in [0.5, 0.6) is 5.75 Å². The van der Waals surface area contributed by atoms with E-state index in [1.807, 2.05) is 44.0 Å². The van der Waals surface area contributed by atoms with E-state index >= 15 is 0 Å². The molecule has 16 heavy (non-hydrogen) atoms. The maximum atomic E-state index is 10.8. The van der Waals surface area contributed by atoms with Gasteiger partial charge < -0.3 is 10.1 Å². The lowest BCUT2D eigenvalue weighted by atomic mass is 10.2. The average molecular weight is 217 g/mol. The third-order valence-electron chi connectivity index (χ3n) is 1.88. The fourth-order valence-corrected chi connectivity index (χ4v) is 1.19. The molecule has 0 bridgehead atoms. The Morgan fingerprint density at radius 2 is 2.06 bits per heavy atom. The summed E-state index contributed by atoms with van der Waals surface area (Å²) in [5, 5.41) is 2.59. The van der Waals surface area contributed by atoms with Gasteiger partial charge in [-0.05, 0) is 37.5 Å². The molecular weight excluding hydrogens is 202 g/mol. The number of carbonyl (C=O) groups excluding carboxylic acids is 1. The van der Waals surface area contributed by atoms with Crippen molar-refractivity contribution in [2.24, 2.45) is 0 Å². The number of terminal acetylenes is 1. The largest absolute Gasteiger partial charge is 0.491 e. The molecule has 3 nitrogen and oxygen atoms in total. The minimum absolute atomic E-state index is 0.159. The number of carbonyl (C=O) groups is 1. The van der Waals surface area contributed by atoms with Crippen LogP contribution < -0.4 is 10.1 Å². The second-order valence-electron chi connectivity index (χ2n) is 3.64. The van der Waals surface area contributed by atoms with Crippen LogP contribution >= 0.6 is 0 Å². The molecule has 0 radical (unpaired) electrons. The first kappa shape index (κ1) is 12.1. The number of hydrogen-bond donors (Lipinski definition) is 1. The summed E-state index contributed by atoms with van der Waals surface area (Å²) in [7, 11) is 0. The molecule has 0 atom stereocenters. The van der Waals surface area contributed by atoms with Gasteiger partial charge in [0.05, 0.1) is 6.10 Å². The second kappa shape index (κ2) is 5.82. The predicted molar refractivity (Wildman–Crippen MR) is 62.9 cm³/mol. The molecule has 1 N–H and O–H groups in total. The molecule has 0 saturated heterocycles. The SMILES string of the molecule is C#CC(=O)NCc1ccc(OC(C)C)cc1. The molecule has 0 aromatic heterocycles. The highest BCUT2D eigenvalue weighted by atomic mass is 16.5. The molecule has 1 rings (SSSR count). The van der Waals surface area contributed by atoms with Gasteiger partial charge in [0, 0.05) is 6.54 Å². The van der Waals surface area contributed by atoms with E-state index in [0.717, 1.165) is 11.3 Å². The van der Waals surface area contributed by atoms with Crippen molar-refractivity contribution in [3.8, 4) is 18.1 Å². The Morgan fingerprint density at radius 1 is 1.44 bits per heavy atom.